The van der Waals surface area contributed by atoms with Gasteiger partial charge in [-0.3, -0.25) is 4.79 Å². The number of hydrogen-bond donors (Lipinski definition) is 1. The first-order valence-corrected chi connectivity index (χ1v) is 6.74. The van der Waals surface area contributed by atoms with Gasteiger partial charge in [-0.2, -0.15) is 0 Å². The fourth-order valence-electron chi connectivity index (χ4n) is 1.88. The average molecular weight is 277 g/mol. The molecule has 2 aromatic rings. The van der Waals surface area contributed by atoms with Gasteiger partial charge in [-0.05, 0) is 36.2 Å². The van der Waals surface area contributed by atoms with E-state index in [2.05, 4.69) is 5.32 Å². The monoisotopic (exact) mass is 276 g/mol. The van der Waals surface area contributed by atoms with Crippen molar-refractivity contribution in [2.45, 2.75) is 19.4 Å². The minimum Gasteiger partial charge on any atom is -0.354 e. The number of aryl methyl sites for hydroxylation is 1. The second kappa shape index (κ2) is 7.00. The maximum absolute atomic E-state index is 11.7. The van der Waals surface area contributed by atoms with Gasteiger partial charge >= 0.3 is 0 Å². The molecule has 0 aliphatic carbocycles. The first kappa shape index (κ1) is 13.7. The molecule has 3 nitrogen and oxygen atoms in total. The number of carbonyl (C=O) groups is 1. The van der Waals surface area contributed by atoms with Crippen molar-refractivity contribution in [2.24, 2.45) is 0 Å². The molecule has 1 aromatic heterocycles. The predicted octanol–water partition coefficient (Wildman–Crippen LogP) is 2.89. The van der Waals surface area contributed by atoms with Gasteiger partial charge in [0, 0.05) is 36.9 Å². The fourth-order valence-corrected chi connectivity index (χ4v) is 2.10. The van der Waals surface area contributed by atoms with Gasteiger partial charge in [0.25, 0.3) is 0 Å². The number of nitrogens with zero attached hydrogens (tertiary/aromatic N) is 1. The molecule has 0 radical (unpaired) electrons. The molecule has 0 saturated carbocycles. The Bertz CT molecular complexity index is 523. The van der Waals surface area contributed by atoms with Crippen molar-refractivity contribution in [3.63, 3.8) is 0 Å². The van der Waals surface area contributed by atoms with Gasteiger partial charge < -0.3 is 9.88 Å². The zero-order valence-corrected chi connectivity index (χ0v) is 11.4. The number of nitrogens with one attached hydrogen (secondary N) is 1. The lowest BCUT2D eigenvalue weighted by atomic mass is 10.1. The van der Waals surface area contributed by atoms with Crippen LogP contribution in [0.25, 0.3) is 0 Å². The maximum atomic E-state index is 11.7. The van der Waals surface area contributed by atoms with Crippen molar-refractivity contribution in [3.8, 4) is 0 Å². The molecule has 0 bridgehead atoms. The summed E-state index contributed by atoms with van der Waals surface area (Å²) in [5, 5.41) is 3.63. The molecule has 1 amide bonds. The largest absolute Gasteiger partial charge is 0.354 e. The molecule has 4 heteroatoms. The summed E-state index contributed by atoms with van der Waals surface area (Å²) < 4.78 is 2.04. The maximum Gasteiger partial charge on any atom is 0.220 e. The first-order valence-electron chi connectivity index (χ1n) is 6.36. The number of halogens is 1. The summed E-state index contributed by atoms with van der Waals surface area (Å²) in [5.41, 5.74) is 1.09. The van der Waals surface area contributed by atoms with Crippen LogP contribution in [0.15, 0.2) is 48.8 Å². The Morgan fingerprint density at radius 3 is 2.74 bits per heavy atom. The van der Waals surface area contributed by atoms with Gasteiger partial charge in [0.2, 0.25) is 5.91 Å². The van der Waals surface area contributed by atoms with Gasteiger partial charge in [0.15, 0.2) is 0 Å². The highest BCUT2D eigenvalue weighted by atomic mass is 35.5. The molecule has 0 saturated heterocycles. The van der Waals surface area contributed by atoms with E-state index < -0.39 is 0 Å². The number of amides is 1. The van der Waals surface area contributed by atoms with Crippen LogP contribution in [0.5, 0.6) is 0 Å². The zero-order chi connectivity index (χ0) is 13.5. The van der Waals surface area contributed by atoms with Crippen LogP contribution in [0, 0.1) is 0 Å². The highest BCUT2D eigenvalue weighted by molar-refractivity contribution is 6.30. The van der Waals surface area contributed by atoms with Crippen LogP contribution < -0.4 is 5.32 Å². The molecule has 0 spiro atoms. The summed E-state index contributed by atoms with van der Waals surface area (Å²) >= 11 is 5.90. The number of aromatic nitrogens is 1. The van der Waals surface area contributed by atoms with Gasteiger partial charge in [-0.25, -0.2) is 0 Å². The number of benzene rings is 1. The summed E-state index contributed by atoms with van der Waals surface area (Å²) in [5.74, 6) is 0.0760. The first-order chi connectivity index (χ1) is 9.24. The van der Waals surface area contributed by atoms with E-state index in [0.717, 1.165) is 18.5 Å². The Labute approximate surface area is 118 Å². The van der Waals surface area contributed by atoms with Crippen molar-refractivity contribution in [1.29, 1.82) is 0 Å². The molecule has 1 aromatic carbocycles. The van der Waals surface area contributed by atoms with E-state index in [-0.39, 0.29) is 5.91 Å². The second-order valence-corrected chi connectivity index (χ2v) is 4.84. The van der Waals surface area contributed by atoms with Crippen LogP contribution in [-0.2, 0) is 17.8 Å². The third-order valence-electron chi connectivity index (χ3n) is 2.89. The number of hydrogen-bond acceptors (Lipinski definition) is 1. The molecule has 0 atom stereocenters. The highest BCUT2D eigenvalue weighted by Gasteiger charge is 2.02. The smallest absolute Gasteiger partial charge is 0.220 e. The van der Waals surface area contributed by atoms with Crippen molar-refractivity contribution >= 4 is 17.5 Å². The number of rotatable bonds is 6. The standard InChI is InChI=1S/C15H17ClN2O/c16-14-5-3-4-13(12-14)6-7-15(19)17-8-11-18-9-1-2-10-18/h1-5,9-10,12H,6-8,11H2,(H,17,19). The Morgan fingerprint density at radius 2 is 2.00 bits per heavy atom. The average Bonchev–Trinajstić information content (AvgIpc) is 2.90. The van der Waals surface area contributed by atoms with Gasteiger partial charge in [0.1, 0.15) is 0 Å². The van der Waals surface area contributed by atoms with Crippen LogP contribution in [0.1, 0.15) is 12.0 Å². The third-order valence-corrected chi connectivity index (χ3v) is 3.12. The van der Waals surface area contributed by atoms with Crippen LogP contribution >= 0.6 is 11.6 Å². The quantitative estimate of drug-likeness (QED) is 0.865. The Balaban J connectivity index is 1.67. The van der Waals surface area contributed by atoms with Crippen LogP contribution in [0.2, 0.25) is 5.02 Å². The molecule has 1 heterocycles. The zero-order valence-electron chi connectivity index (χ0n) is 10.7. The SMILES string of the molecule is O=C(CCc1cccc(Cl)c1)NCCn1cccc1. The van der Waals surface area contributed by atoms with E-state index in [9.17, 15) is 4.79 Å². The molecule has 0 unspecified atom stereocenters. The van der Waals surface area contributed by atoms with E-state index in [0.29, 0.717) is 18.0 Å². The Kier molecular flexibility index (Phi) is 5.04. The summed E-state index contributed by atoms with van der Waals surface area (Å²) in [6.45, 7) is 1.46. The minimum atomic E-state index is 0.0760. The third kappa shape index (κ3) is 4.79. The Morgan fingerprint density at radius 1 is 1.21 bits per heavy atom. The Hall–Kier alpha value is -1.74. The molecule has 100 valence electrons. The van der Waals surface area contributed by atoms with Crippen LogP contribution in [0.4, 0.5) is 0 Å². The molecular weight excluding hydrogens is 260 g/mol. The minimum absolute atomic E-state index is 0.0760. The summed E-state index contributed by atoms with van der Waals surface area (Å²) in [4.78, 5) is 11.7. The molecule has 0 fully saturated rings. The molecule has 19 heavy (non-hydrogen) atoms. The normalized spacial score (nSPS) is 10.4. The summed E-state index contributed by atoms with van der Waals surface area (Å²) in [7, 11) is 0. The predicted molar refractivity (Wildman–Crippen MR) is 77.2 cm³/mol. The fraction of sp³-hybridized carbons (Fsp3) is 0.267. The van der Waals surface area contributed by atoms with Crippen molar-refractivity contribution in [1.82, 2.24) is 9.88 Å². The second-order valence-electron chi connectivity index (χ2n) is 4.40. The van der Waals surface area contributed by atoms with Crippen LogP contribution in [0.3, 0.4) is 0 Å². The molecular formula is C15H17ClN2O. The van der Waals surface area contributed by atoms with Gasteiger partial charge in [0.05, 0.1) is 0 Å². The molecule has 2 rings (SSSR count). The molecule has 0 aliphatic heterocycles. The molecule has 0 aliphatic rings. The lowest BCUT2D eigenvalue weighted by molar-refractivity contribution is -0.121. The summed E-state index contributed by atoms with van der Waals surface area (Å²) in [6.07, 6.45) is 5.18. The van der Waals surface area contributed by atoms with E-state index in [1.807, 2.05) is 53.4 Å². The van der Waals surface area contributed by atoms with Gasteiger partial charge in [-0.1, -0.05) is 23.7 Å². The highest BCUT2D eigenvalue weighted by Crippen LogP contribution is 2.11. The van der Waals surface area contributed by atoms with E-state index in [4.69, 9.17) is 11.6 Å². The molecule has 1 N–H and O–H groups in total. The van der Waals surface area contributed by atoms with Crippen LogP contribution in [-0.4, -0.2) is 17.0 Å². The topological polar surface area (TPSA) is 34.0 Å². The van der Waals surface area contributed by atoms with E-state index in [1.54, 1.807) is 0 Å². The van der Waals surface area contributed by atoms with Gasteiger partial charge in [-0.15, -0.1) is 0 Å². The van der Waals surface area contributed by atoms with Crippen molar-refractivity contribution < 1.29 is 4.79 Å². The lowest BCUT2D eigenvalue weighted by Crippen LogP contribution is -2.27. The van der Waals surface area contributed by atoms with E-state index in [1.165, 1.54) is 0 Å². The van der Waals surface area contributed by atoms with E-state index >= 15 is 0 Å². The van der Waals surface area contributed by atoms with Crippen molar-refractivity contribution in [3.05, 3.63) is 59.4 Å². The van der Waals surface area contributed by atoms with Crippen molar-refractivity contribution in [2.75, 3.05) is 6.54 Å². The number of carbonyl (C=O) groups excluding carboxylic acids is 1. The summed E-state index contributed by atoms with van der Waals surface area (Å²) in [6, 6.07) is 11.6. The lowest BCUT2D eigenvalue weighted by Gasteiger charge is -2.06.